The standard InChI is InChI=1S/C16H14Cl2N2O3/c1-22-12-4-6-15(23-2)10(7-12)9-19-20-16(21)13-5-3-11(17)8-14(13)18/h3-9H,1-2H3,(H,20,21)/b19-9+. The number of nitrogens with one attached hydrogen (secondary N) is 1. The molecular weight excluding hydrogens is 339 g/mol. The molecule has 2 aromatic carbocycles. The van der Waals surface area contributed by atoms with Gasteiger partial charge in [0.05, 0.1) is 31.0 Å². The van der Waals surface area contributed by atoms with E-state index in [-0.39, 0.29) is 10.6 Å². The first-order valence-electron chi connectivity index (χ1n) is 6.55. The van der Waals surface area contributed by atoms with Gasteiger partial charge in [-0.2, -0.15) is 5.10 Å². The third kappa shape index (κ3) is 4.37. The van der Waals surface area contributed by atoms with E-state index in [1.807, 2.05) is 0 Å². The first-order valence-corrected chi connectivity index (χ1v) is 7.31. The molecule has 0 aliphatic rings. The Kier molecular flexibility index (Phi) is 5.84. The fourth-order valence-electron chi connectivity index (χ4n) is 1.83. The lowest BCUT2D eigenvalue weighted by atomic mass is 10.2. The number of ether oxygens (including phenoxy) is 2. The minimum atomic E-state index is -0.440. The number of halogens is 2. The SMILES string of the molecule is COc1ccc(OC)c(/C=N/NC(=O)c2ccc(Cl)cc2Cl)c1. The van der Waals surface area contributed by atoms with Gasteiger partial charge in [0, 0.05) is 10.6 Å². The number of rotatable bonds is 5. The molecule has 0 atom stereocenters. The van der Waals surface area contributed by atoms with Crippen LogP contribution in [0.3, 0.4) is 0 Å². The highest BCUT2D eigenvalue weighted by molar-refractivity contribution is 6.36. The maximum atomic E-state index is 12.0. The van der Waals surface area contributed by atoms with Gasteiger partial charge in [0.25, 0.3) is 5.91 Å². The number of carbonyl (C=O) groups is 1. The first-order chi connectivity index (χ1) is 11.0. The minimum absolute atomic E-state index is 0.254. The predicted octanol–water partition coefficient (Wildman–Crippen LogP) is 3.77. The molecule has 5 nitrogen and oxygen atoms in total. The molecule has 2 rings (SSSR count). The van der Waals surface area contributed by atoms with Gasteiger partial charge in [-0.1, -0.05) is 23.2 Å². The summed E-state index contributed by atoms with van der Waals surface area (Å²) in [7, 11) is 3.11. The lowest BCUT2D eigenvalue weighted by Crippen LogP contribution is -2.18. The Morgan fingerprint density at radius 2 is 1.91 bits per heavy atom. The zero-order valence-electron chi connectivity index (χ0n) is 12.5. The molecule has 0 bridgehead atoms. The molecule has 1 amide bonds. The summed E-state index contributed by atoms with van der Waals surface area (Å²) >= 11 is 11.8. The van der Waals surface area contributed by atoms with E-state index in [0.717, 1.165) is 0 Å². The average molecular weight is 353 g/mol. The van der Waals surface area contributed by atoms with Crippen LogP contribution < -0.4 is 14.9 Å². The Bertz CT molecular complexity index is 748. The van der Waals surface area contributed by atoms with Gasteiger partial charge >= 0.3 is 0 Å². The topological polar surface area (TPSA) is 59.9 Å². The predicted molar refractivity (Wildman–Crippen MR) is 91.1 cm³/mol. The molecule has 23 heavy (non-hydrogen) atoms. The summed E-state index contributed by atoms with van der Waals surface area (Å²) in [5.74, 6) is 0.817. The van der Waals surface area contributed by atoms with Crippen molar-refractivity contribution in [1.82, 2.24) is 5.43 Å². The summed E-state index contributed by atoms with van der Waals surface area (Å²) in [6, 6.07) is 9.86. The smallest absolute Gasteiger partial charge is 0.272 e. The monoisotopic (exact) mass is 352 g/mol. The zero-order valence-corrected chi connectivity index (χ0v) is 14.0. The average Bonchev–Trinajstić information content (AvgIpc) is 2.54. The number of hydrogen-bond acceptors (Lipinski definition) is 4. The lowest BCUT2D eigenvalue weighted by Gasteiger charge is -2.07. The molecule has 0 fully saturated rings. The number of hydrazone groups is 1. The number of methoxy groups -OCH3 is 2. The van der Waals surface area contributed by atoms with Crippen molar-refractivity contribution in [2.75, 3.05) is 14.2 Å². The second-order valence-electron chi connectivity index (χ2n) is 4.43. The Labute approximate surface area is 143 Å². The molecule has 7 heteroatoms. The molecule has 0 unspecified atom stereocenters. The second kappa shape index (κ2) is 7.85. The van der Waals surface area contributed by atoms with Crippen molar-refractivity contribution < 1.29 is 14.3 Å². The number of carbonyl (C=O) groups excluding carboxylic acids is 1. The van der Waals surface area contributed by atoms with Crippen LogP contribution in [-0.4, -0.2) is 26.3 Å². The van der Waals surface area contributed by atoms with Crippen LogP contribution in [0.5, 0.6) is 11.5 Å². The molecule has 120 valence electrons. The summed E-state index contributed by atoms with van der Waals surface area (Å²) in [4.78, 5) is 12.0. The van der Waals surface area contributed by atoms with Crippen LogP contribution in [0.4, 0.5) is 0 Å². The van der Waals surface area contributed by atoms with Crippen molar-refractivity contribution in [3.05, 3.63) is 57.6 Å². The highest BCUT2D eigenvalue weighted by atomic mass is 35.5. The van der Waals surface area contributed by atoms with E-state index in [0.29, 0.717) is 22.1 Å². The Morgan fingerprint density at radius 1 is 1.13 bits per heavy atom. The van der Waals surface area contributed by atoms with E-state index in [1.54, 1.807) is 38.5 Å². The highest BCUT2D eigenvalue weighted by Crippen LogP contribution is 2.22. The van der Waals surface area contributed by atoms with Crippen LogP contribution in [-0.2, 0) is 0 Å². The molecule has 0 saturated carbocycles. The largest absolute Gasteiger partial charge is 0.497 e. The fraction of sp³-hybridized carbons (Fsp3) is 0.125. The molecule has 0 heterocycles. The van der Waals surface area contributed by atoms with Crippen LogP contribution in [0.25, 0.3) is 0 Å². The fourth-order valence-corrected chi connectivity index (χ4v) is 2.33. The van der Waals surface area contributed by atoms with Crippen LogP contribution in [0.2, 0.25) is 10.0 Å². The summed E-state index contributed by atoms with van der Waals surface area (Å²) in [5, 5.41) is 4.62. The Hall–Kier alpha value is -2.24. The van der Waals surface area contributed by atoms with Gasteiger partial charge in [0.15, 0.2) is 0 Å². The summed E-state index contributed by atoms with van der Waals surface area (Å²) < 4.78 is 10.4. The third-order valence-electron chi connectivity index (χ3n) is 2.98. The minimum Gasteiger partial charge on any atom is -0.497 e. The van der Waals surface area contributed by atoms with Crippen molar-refractivity contribution in [1.29, 1.82) is 0 Å². The lowest BCUT2D eigenvalue weighted by molar-refractivity contribution is 0.0955. The van der Waals surface area contributed by atoms with Gasteiger partial charge in [-0.3, -0.25) is 4.79 Å². The number of nitrogens with zero attached hydrogens (tertiary/aromatic N) is 1. The van der Waals surface area contributed by atoms with E-state index in [1.165, 1.54) is 18.3 Å². The third-order valence-corrected chi connectivity index (χ3v) is 3.53. The molecule has 1 N–H and O–H groups in total. The van der Waals surface area contributed by atoms with Gasteiger partial charge in [0.1, 0.15) is 11.5 Å². The molecular formula is C16H14Cl2N2O3. The van der Waals surface area contributed by atoms with E-state index in [9.17, 15) is 4.79 Å². The molecule has 0 spiro atoms. The second-order valence-corrected chi connectivity index (χ2v) is 5.27. The van der Waals surface area contributed by atoms with E-state index in [4.69, 9.17) is 32.7 Å². The Balaban J connectivity index is 2.13. The van der Waals surface area contributed by atoms with Crippen LogP contribution in [0.1, 0.15) is 15.9 Å². The van der Waals surface area contributed by atoms with Crippen LogP contribution >= 0.6 is 23.2 Å². The van der Waals surface area contributed by atoms with Crippen molar-refractivity contribution in [3.63, 3.8) is 0 Å². The van der Waals surface area contributed by atoms with Crippen LogP contribution in [0, 0.1) is 0 Å². The summed E-state index contributed by atoms with van der Waals surface area (Å²) in [5.41, 5.74) is 3.35. The van der Waals surface area contributed by atoms with Crippen molar-refractivity contribution in [2.45, 2.75) is 0 Å². The number of hydrogen-bond donors (Lipinski definition) is 1. The summed E-state index contributed by atoms with van der Waals surface area (Å²) in [6.45, 7) is 0. The first kappa shape index (κ1) is 17.1. The van der Waals surface area contributed by atoms with Crippen molar-refractivity contribution in [3.8, 4) is 11.5 Å². The zero-order chi connectivity index (χ0) is 16.8. The van der Waals surface area contributed by atoms with E-state index >= 15 is 0 Å². The maximum Gasteiger partial charge on any atom is 0.272 e. The normalized spacial score (nSPS) is 10.6. The molecule has 0 radical (unpaired) electrons. The van der Waals surface area contributed by atoms with Gasteiger partial charge in [-0.25, -0.2) is 5.43 Å². The van der Waals surface area contributed by atoms with Crippen molar-refractivity contribution in [2.24, 2.45) is 5.10 Å². The number of amides is 1. The molecule has 0 saturated heterocycles. The molecule has 0 aromatic heterocycles. The summed E-state index contributed by atoms with van der Waals surface area (Å²) in [6.07, 6.45) is 1.46. The molecule has 0 aliphatic carbocycles. The number of benzene rings is 2. The van der Waals surface area contributed by atoms with E-state index in [2.05, 4.69) is 10.5 Å². The van der Waals surface area contributed by atoms with E-state index < -0.39 is 5.91 Å². The molecule has 0 aliphatic heterocycles. The maximum absolute atomic E-state index is 12.0. The Morgan fingerprint density at radius 3 is 2.57 bits per heavy atom. The van der Waals surface area contributed by atoms with Gasteiger partial charge < -0.3 is 9.47 Å². The van der Waals surface area contributed by atoms with Crippen LogP contribution in [0.15, 0.2) is 41.5 Å². The van der Waals surface area contributed by atoms with Gasteiger partial charge in [-0.15, -0.1) is 0 Å². The highest BCUT2D eigenvalue weighted by Gasteiger charge is 2.10. The van der Waals surface area contributed by atoms with Gasteiger partial charge in [0.2, 0.25) is 0 Å². The van der Waals surface area contributed by atoms with Gasteiger partial charge in [-0.05, 0) is 36.4 Å². The van der Waals surface area contributed by atoms with Crippen molar-refractivity contribution >= 4 is 35.3 Å². The molecule has 2 aromatic rings. The quantitative estimate of drug-likeness (QED) is 0.658.